The Labute approximate surface area is 138 Å². The predicted molar refractivity (Wildman–Crippen MR) is 87.2 cm³/mol. The summed E-state index contributed by atoms with van der Waals surface area (Å²) >= 11 is 0. The van der Waals surface area contributed by atoms with Gasteiger partial charge in [-0.3, -0.25) is 4.90 Å². The Hall–Kier alpha value is -2.71. The van der Waals surface area contributed by atoms with Gasteiger partial charge < -0.3 is 15.5 Å². The summed E-state index contributed by atoms with van der Waals surface area (Å²) in [5, 5.41) is 4.06. The van der Waals surface area contributed by atoms with Gasteiger partial charge in [-0.1, -0.05) is 6.07 Å². The van der Waals surface area contributed by atoms with Crippen LogP contribution in [0, 0.1) is 6.07 Å². The first kappa shape index (κ1) is 14.9. The van der Waals surface area contributed by atoms with E-state index in [1.165, 1.54) is 11.8 Å². The molecule has 3 aromatic rings. The van der Waals surface area contributed by atoms with Crippen molar-refractivity contribution in [2.24, 2.45) is 5.73 Å². The number of nitrogens with zero attached hydrogens (tertiary/aromatic N) is 4. The van der Waals surface area contributed by atoms with Gasteiger partial charge in [0.25, 0.3) is 0 Å². The molecule has 1 aromatic carbocycles. The first-order valence-electron chi connectivity index (χ1n) is 7.75. The van der Waals surface area contributed by atoms with Gasteiger partial charge in [-0.15, -0.1) is 0 Å². The molecule has 0 saturated carbocycles. The number of fused-ring (bicyclic) bond motifs is 1. The normalized spacial score (nSPS) is 15.8. The molecule has 0 unspecified atom stereocenters. The summed E-state index contributed by atoms with van der Waals surface area (Å²) in [4.78, 5) is 21.2. The van der Waals surface area contributed by atoms with Crippen molar-refractivity contribution < 1.29 is 9.53 Å². The zero-order chi connectivity index (χ0) is 16.5. The van der Waals surface area contributed by atoms with Gasteiger partial charge in [0.15, 0.2) is 5.82 Å². The number of rotatable bonds is 3. The van der Waals surface area contributed by atoms with E-state index in [9.17, 15) is 4.79 Å². The van der Waals surface area contributed by atoms with Gasteiger partial charge in [0.05, 0.1) is 24.2 Å². The molecule has 24 heavy (non-hydrogen) atoms. The number of carbonyl (C=O) groups is 1. The van der Waals surface area contributed by atoms with E-state index in [1.54, 1.807) is 0 Å². The van der Waals surface area contributed by atoms with Crippen LogP contribution >= 0.6 is 0 Å². The highest BCUT2D eigenvalue weighted by Crippen LogP contribution is 2.20. The Kier molecular flexibility index (Phi) is 3.75. The van der Waals surface area contributed by atoms with Gasteiger partial charge in [0.2, 0.25) is 0 Å². The van der Waals surface area contributed by atoms with Gasteiger partial charge in [0.1, 0.15) is 5.69 Å². The van der Waals surface area contributed by atoms with E-state index < -0.39 is 6.03 Å². The Balaban J connectivity index is 1.59. The van der Waals surface area contributed by atoms with Crippen LogP contribution in [0.2, 0.25) is 0 Å². The number of primary amides is 1. The van der Waals surface area contributed by atoms with E-state index in [0.29, 0.717) is 11.5 Å². The summed E-state index contributed by atoms with van der Waals surface area (Å²) in [6.45, 7) is 4.34. The first-order valence-corrected chi connectivity index (χ1v) is 7.75. The van der Waals surface area contributed by atoms with Crippen molar-refractivity contribution in [1.82, 2.24) is 24.6 Å². The lowest BCUT2D eigenvalue weighted by atomic mass is 10.2. The van der Waals surface area contributed by atoms with Gasteiger partial charge >= 0.3 is 6.03 Å². The second-order valence-corrected chi connectivity index (χ2v) is 5.73. The molecule has 1 aliphatic heterocycles. The average molecular weight is 325 g/mol. The minimum absolute atomic E-state index is 0.458. The SMILES string of the molecule is NC(=O)n1c[c]c(-c2nc3cc(CN4CCOCC4)ccc3[nH]2)n1. The summed E-state index contributed by atoms with van der Waals surface area (Å²) < 4.78 is 6.41. The number of nitrogens with one attached hydrogen (secondary N) is 1. The molecule has 0 atom stereocenters. The molecule has 1 fully saturated rings. The maximum absolute atomic E-state index is 11.1. The largest absolute Gasteiger partial charge is 0.379 e. The predicted octanol–water partition coefficient (Wildman–Crippen LogP) is 0.986. The van der Waals surface area contributed by atoms with E-state index in [0.717, 1.165) is 48.6 Å². The maximum Gasteiger partial charge on any atom is 0.339 e. The van der Waals surface area contributed by atoms with Crippen LogP contribution in [0.1, 0.15) is 5.56 Å². The van der Waals surface area contributed by atoms with Crippen molar-refractivity contribution in [2.45, 2.75) is 6.54 Å². The second kappa shape index (κ2) is 6.06. The molecule has 4 rings (SSSR count). The number of amides is 1. The third-order valence-corrected chi connectivity index (χ3v) is 4.04. The van der Waals surface area contributed by atoms with Crippen molar-refractivity contribution in [3.8, 4) is 11.5 Å². The van der Waals surface area contributed by atoms with Crippen LogP contribution in [0.4, 0.5) is 4.79 Å². The van der Waals surface area contributed by atoms with Crippen LogP contribution in [0.5, 0.6) is 0 Å². The standard InChI is InChI=1S/C16H17N6O2/c17-16(23)22-4-3-13(20-22)15-18-12-2-1-11(9-14(12)19-15)10-21-5-7-24-8-6-21/h1-2,4,9H,5-8,10H2,(H2,17,23)(H,18,19). The number of imidazole rings is 1. The van der Waals surface area contributed by atoms with E-state index in [1.807, 2.05) is 6.07 Å². The zero-order valence-electron chi connectivity index (χ0n) is 13.0. The van der Waals surface area contributed by atoms with E-state index >= 15 is 0 Å². The lowest BCUT2D eigenvalue weighted by molar-refractivity contribution is 0.0342. The number of morpholine rings is 1. The fourth-order valence-electron chi connectivity index (χ4n) is 2.80. The molecular weight excluding hydrogens is 308 g/mol. The molecule has 3 N–H and O–H groups in total. The molecule has 1 amide bonds. The van der Waals surface area contributed by atoms with Crippen LogP contribution in [-0.4, -0.2) is 57.0 Å². The van der Waals surface area contributed by atoms with Crippen LogP contribution in [0.15, 0.2) is 24.4 Å². The van der Waals surface area contributed by atoms with Gasteiger partial charge in [0, 0.05) is 31.9 Å². The molecule has 3 heterocycles. The number of hydrogen-bond acceptors (Lipinski definition) is 5. The van der Waals surface area contributed by atoms with Crippen molar-refractivity contribution in [1.29, 1.82) is 0 Å². The summed E-state index contributed by atoms with van der Waals surface area (Å²) in [6.07, 6.45) is 1.40. The molecule has 1 radical (unpaired) electrons. The summed E-state index contributed by atoms with van der Waals surface area (Å²) in [5.74, 6) is 0.563. The van der Waals surface area contributed by atoms with Crippen molar-refractivity contribution in [3.63, 3.8) is 0 Å². The number of aromatic nitrogens is 4. The smallest absolute Gasteiger partial charge is 0.339 e. The number of ether oxygens (including phenoxy) is 1. The van der Waals surface area contributed by atoms with Gasteiger partial charge in [-0.05, 0) is 17.7 Å². The Morgan fingerprint density at radius 1 is 1.38 bits per heavy atom. The number of carbonyl (C=O) groups excluding carboxylic acids is 1. The number of H-pyrrole nitrogens is 1. The first-order chi connectivity index (χ1) is 11.7. The van der Waals surface area contributed by atoms with Crippen molar-refractivity contribution >= 4 is 17.1 Å². The molecule has 0 aliphatic carbocycles. The quantitative estimate of drug-likeness (QED) is 0.747. The van der Waals surface area contributed by atoms with Crippen molar-refractivity contribution in [2.75, 3.05) is 26.3 Å². The molecule has 1 aliphatic rings. The lowest BCUT2D eigenvalue weighted by Crippen LogP contribution is -2.35. The highest BCUT2D eigenvalue weighted by atomic mass is 16.5. The Morgan fingerprint density at radius 3 is 2.96 bits per heavy atom. The summed E-state index contributed by atoms with van der Waals surface area (Å²) in [5.41, 5.74) is 8.62. The van der Waals surface area contributed by atoms with E-state index in [2.05, 4.69) is 38.2 Å². The minimum atomic E-state index is -0.651. The topological polar surface area (TPSA) is 102 Å². The van der Waals surface area contributed by atoms with Crippen LogP contribution in [0.3, 0.4) is 0 Å². The highest BCUT2D eigenvalue weighted by Gasteiger charge is 2.13. The Morgan fingerprint density at radius 2 is 2.21 bits per heavy atom. The fourth-order valence-corrected chi connectivity index (χ4v) is 2.80. The van der Waals surface area contributed by atoms with Gasteiger partial charge in [-0.2, -0.15) is 9.78 Å². The number of aromatic amines is 1. The number of nitrogens with two attached hydrogens (primary N) is 1. The van der Waals surface area contributed by atoms with E-state index in [4.69, 9.17) is 10.5 Å². The highest BCUT2D eigenvalue weighted by molar-refractivity contribution is 5.80. The third kappa shape index (κ3) is 2.89. The monoisotopic (exact) mass is 325 g/mol. The second-order valence-electron chi connectivity index (χ2n) is 5.73. The van der Waals surface area contributed by atoms with E-state index in [-0.39, 0.29) is 0 Å². The van der Waals surface area contributed by atoms with Crippen molar-refractivity contribution in [3.05, 3.63) is 36.0 Å². The minimum Gasteiger partial charge on any atom is -0.379 e. The number of benzene rings is 1. The zero-order valence-corrected chi connectivity index (χ0v) is 13.0. The molecule has 0 spiro atoms. The molecular formula is C16H17N6O2. The molecule has 8 nitrogen and oxygen atoms in total. The average Bonchev–Trinajstić information content (AvgIpc) is 3.22. The molecule has 0 bridgehead atoms. The third-order valence-electron chi connectivity index (χ3n) is 4.04. The van der Waals surface area contributed by atoms with Crippen LogP contribution < -0.4 is 5.73 Å². The molecule has 8 heteroatoms. The molecule has 1 saturated heterocycles. The summed E-state index contributed by atoms with van der Waals surface area (Å²) in [7, 11) is 0. The number of hydrogen-bond donors (Lipinski definition) is 2. The fraction of sp³-hybridized carbons (Fsp3) is 0.312. The van der Waals surface area contributed by atoms with Crippen LogP contribution in [0.25, 0.3) is 22.6 Å². The van der Waals surface area contributed by atoms with Crippen LogP contribution in [-0.2, 0) is 11.3 Å². The van der Waals surface area contributed by atoms with Gasteiger partial charge in [-0.25, -0.2) is 9.78 Å². The molecule has 123 valence electrons. The maximum atomic E-state index is 11.1. The Bertz CT molecular complexity index is 878. The molecule has 2 aromatic heterocycles. The lowest BCUT2D eigenvalue weighted by Gasteiger charge is -2.26. The summed E-state index contributed by atoms with van der Waals surface area (Å²) in [6, 6.07) is 8.39.